The van der Waals surface area contributed by atoms with E-state index in [9.17, 15) is 14.4 Å². The number of carbonyl (C=O) groups is 2. The number of hydrogen-bond acceptors (Lipinski definition) is 5. The molecule has 1 aliphatic heterocycles. The third-order valence-corrected chi connectivity index (χ3v) is 5.37. The van der Waals surface area contributed by atoms with Gasteiger partial charge in [-0.25, -0.2) is 4.90 Å². The third kappa shape index (κ3) is 2.41. The van der Waals surface area contributed by atoms with Crippen LogP contribution in [-0.4, -0.2) is 31.4 Å². The normalized spacial score (nSPS) is 21.5. The van der Waals surface area contributed by atoms with Crippen LogP contribution in [0.5, 0.6) is 0 Å². The molecule has 3 aromatic rings. The fourth-order valence-electron chi connectivity index (χ4n) is 3.89. The molecular formula is C20H17N5O3. The first-order valence-corrected chi connectivity index (χ1v) is 9.13. The molecule has 2 atom stereocenters. The van der Waals surface area contributed by atoms with Crippen molar-refractivity contribution in [3.8, 4) is 11.4 Å². The monoisotopic (exact) mass is 375 g/mol. The second-order valence-electron chi connectivity index (χ2n) is 7.20. The van der Waals surface area contributed by atoms with E-state index >= 15 is 0 Å². The van der Waals surface area contributed by atoms with E-state index in [2.05, 4.69) is 15.1 Å². The Bertz CT molecular complexity index is 1180. The number of carbonyl (C=O) groups excluding carboxylic acids is 2. The molecule has 2 amide bonds. The number of allylic oxidation sites excluding steroid dienone is 2. The van der Waals surface area contributed by atoms with Gasteiger partial charge in [0, 0.05) is 11.6 Å². The smallest absolute Gasteiger partial charge is 0.254 e. The molecule has 0 unspecified atom stereocenters. The molecule has 1 aromatic carbocycles. The molecule has 1 fully saturated rings. The lowest BCUT2D eigenvalue weighted by molar-refractivity contribution is -0.122. The van der Waals surface area contributed by atoms with Crippen molar-refractivity contribution in [2.45, 2.75) is 19.8 Å². The van der Waals surface area contributed by atoms with Gasteiger partial charge in [-0.2, -0.15) is 9.50 Å². The van der Waals surface area contributed by atoms with Gasteiger partial charge in [0.15, 0.2) is 11.6 Å². The number of rotatable bonds is 2. The maximum absolute atomic E-state index is 12.9. The van der Waals surface area contributed by atoms with Gasteiger partial charge in [-0.15, -0.1) is 5.10 Å². The maximum atomic E-state index is 12.9. The number of anilines is 1. The second kappa shape index (κ2) is 5.98. The molecule has 1 saturated heterocycles. The first kappa shape index (κ1) is 16.6. The van der Waals surface area contributed by atoms with E-state index in [0.717, 1.165) is 16.0 Å². The van der Waals surface area contributed by atoms with Crippen LogP contribution < -0.4 is 10.5 Å². The molecule has 0 radical (unpaired) electrons. The predicted octanol–water partition coefficient (Wildman–Crippen LogP) is 1.85. The highest BCUT2D eigenvalue weighted by Gasteiger charge is 2.48. The van der Waals surface area contributed by atoms with Crippen molar-refractivity contribution >= 4 is 23.4 Å². The minimum Gasteiger partial charge on any atom is -0.291 e. The number of amides is 2. The number of nitrogens with zero attached hydrogens (tertiary/aromatic N) is 4. The summed E-state index contributed by atoms with van der Waals surface area (Å²) < 4.78 is 1.36. The maximum Gasteiger partial charge on any atom is 0.254 e. The van der Waals surface area contributed by atoms with Crippen LogP contribution in [0.4, 0.5) is 5.82 Å². The number of H-pyrrole nitrogens is 1. The number of imide groups is 1. The molecule has 2 aromatic heterocycles. The second-order valence-corrected chi connectivity index (χ2v) is 7.20. The number of aromatic nitrogens is 4. The highest BCUT2D eigenvalue weighted by atomic mass is 16.2. The lowest BCUT2D eigenvalue weighted by atomic mass is 9.85. The van der Waals surface area contributed by atoms with Crippen LogP contribution >= 0.6 is 0 Å². The van der Waals surface area contributed by atoms with E-state index in [1.165, 1.54) is 10.6 Å². The number of nitrogens with one attached hydrogen (secondary N) is 1. The van der Waals surface area contributed by atoms with Gasteiger partial charge in [-0.3, -0.25) is 19.4 Å². The van der Waals surface area contributed by atoms with Crippen LogP contribution in [0.15, 0.2) is 47.3 Å². The Morgan fingerprint density at radius 3 is 2.29 bits per heavy atom. The van der Waals surface area contributed by atoms with Gasteiger partial charge in [0.25, 0.3) is 5.56 Å². The standard InChI is InChI=1S/C20H17N5O3/c1-11-6-8-12(9-7-11)17-22-20-21-15(26)10-16(25(20)23-17)24-18(27)13-4-2-3-5-14(13)19(24)28/h2-3,6-10,13-14H,4-5H2,1H3,(H,21,22,23,26)/t13-,14-/m1/s1. The van der Waals surface area contributed by atoms with Crippen LogP contribution in [0.2, 0.25) is 0 Å². The molecule has 0 bridgehead atoms. The summed E-state index contributed by atoms with van der Waals surface area (Å²) >= 11 is 0. The van der Waals surface area contributed by atoms with Crippen molar-refractivity contribution in [2.24, 2.45) is 11.8 Å². The van der Waals surface area contributed by atoms with Crippen LogP contribution in [0.1, 0.15) is 18.4 Å². The van der Waals surface area contributed by atoms with Gasteiger partial charge >= 0.3 is 0 Å². The summed E-state index contributed by atoms with van der Waals surface area (Å²) in [7, 11) is 0. The van der Waals surface area contributed by atoms with Gasteiger partial charge in [-0.1, -0.05) is 42.0 Å². The SMILES string of the molecule is Cc1ccc(-c2nc3[nH]c(=O)cc(N4C(=O)[C@@H]5CC=CC[C@H]5C4=O)n3n2)cc1. The van der Waals surface area contributed by atoms with E-state index in [1.54, 1.807) is 0 Å². The largest absolute Gasteiger partial charge is 0.291 e. The van der Waals surface area contributed by atoms with Crippen molar-refractivity contribution in [3.05, 3.63) is 58.4 Å². The molecule has 8 nitrogen and oxygen atoms in total. The fourth-order valence-corrected chi connectivity index (χ4v) is 3.89. The van der Waals surface area contributed by atoms with Gasteiger partial charge < -0.3 is 0 Å². The van der Waals surface area contributed by atoms with Crippen LogP contribution in [0.25, 0.3) is 17.2 Å². The van der Waals surface area contributed by atoms with E-state index in [0.29, 0.717) is 18.7 Å². The molecule has 0 saturated carbocycles. The predicted molar refractivity (Wildman–Crippen MR) is 102 cm³/mol. The number of aryl methyl sites for hydroxylation is 1. The Morgan fingerprint density at radius 1 is 1.00 bits per heavy atom. The Labute approximate surface area is 159 Å². The minimum atomic E-state index is -0.445. The molecule has 8 heteroatoms. The summed E-state index contributed by atoms with van der Waals surface area (Å²) in [6.07, 6.45) is 4.91. The summed E-state index contributed by atoms with van der Waals surface area (Å²) in [5, 5.41) is 4.46. The molecule has 3 heterocycles. The third-order valence-electron chi connectivity index (χ3n) is 5.37. The van der Waals surface area contributed by atoms with Gasteiger partial charge in [-0.05, 0) is 19.8 Å². The Balaban J connectivity index is 1.65. The van der Waals surface area contributed by atoms with Crippen LogP contribution in [0, 0.1) is 18.8 Å². The zero-order valence-corrected chi connectivity index (χ0v) is 15.1. The molecule has 2 aliphatic rings. The lowest BCUT2D eigenvalue weighted by Gasteiger charge is -2.14. The summed E-state index contributed by atoms with van der Waals surface area (Å²) in [6, 6.07) is 8.87. The molecule has 5 rings (SSSR count). The van der Waals surface area contributed by atoms with E-state index in [4.69, 9.17) is 0 Å². The van der Waals surface area contributed by atoms with Crippen molar-refractivity contribution in [1.29, 1.82) is 0 Å². The summed E-state index contributed by atoms with van der Waals surface area (Å²) in [5.41, 5.74) is 1.43. The minimum absolute atomic E-state index is 0.133. The molecule has 1 aliphatic carbocycles. The van der Waals surface area contributed by atoms with Crippen LogP contribution in [0.3, 0.4) is 0 Å². The number of aromatic amines is 1. The van der Waals surface area contributed by atoms with E-state index in [1.807, 2.05) is 43.3 Å². The molecular weight excluding hydrogens is 358 g/mol. The molecule has 140 valence electrons. The highest BCUT2D eigenvalue weighted by molar-refractivity contribution is 6.21. The zero-order valence-electron chi connectivity index (χ0n) is 15.1. The first-order chi connectivity index (χ1) is 13.5. The van der Waals surface area contributed by atoms with E-state index < -0.39 is 5.56 Å². The molecule has 28 heavy (non-hydrogen) atoms. The van der Waals surface area contributed by atoms with E-state index in [-0.39, 0.29) is 35.2 Å². The number of benzene rings is 1. The Hall–Kier alpha value is -3.55. The van der Waals surface area contributed by atoms with Gasteiger partial charge in [0.05, 0.1) is 11.8 Å². The fraction of sp³-hybridized carbons (Fsp3) is 0.250. The molecule has 0 spiro atoms. The number of fused-ring (bicyclic) bond motifs is 2. The quantitative estimate of drug-likeness (QED) is 0.544. The highest BCUT2D eigenvalue weighted by Crippen LogP contribution is 2.37. The summed E-state index contributed by atoms with van der Waals surface area (Å²) in [6.45, 7) is 1.98. The summed E-state index contributed by atoms with van der Waals surface area (Å²) in [5.74, 6) is -0.627. The zero-order chi connectivity index (χ0) is 19.4. The Kier molecular flexibility index (Phi) is 3.55. The van der Waals surface area contributed by atoms with Crippen molar-refractivity contribution in [1.82, 2.24) is 19.6 Å². The van der Waals surface area contributed by atoms with Gasteiger partial charge in [0.1, 0.15) is 0 Å². The first-order valence-electron chi connectivity index (χ1n) is 9.13. The molecule has 1 N–H and O–H groups in total. The van der Waals surface area contributed by atoms with Crippen molar-refractivity contribution in [3.63, 3.8) is 0 Å². The lowest BCUT2D eigenvalue weighted by Crippen LogP contribution is -2.34. The van der Waals surface area contributed by atoms with Crippen LogP contribution in [-0.2, 0) is 9.59 Å². The van der Waals surface area contributed by atoms with Gasteiger partial charge in [0.2, 0.25) is 17.6 Å². The van der Waals surface area contributed by atoms with Crippen molar-refractivity contribution in [2.75, 3.05) is 4.90 Å². The Morgan fingerprint density at radius 2 is 1.64 bits per heavy atom. The number of hydrogen-bond donors (Lipinski definition) is 1. The average molecular weight is 375 g/mol. The average Bonchev–Trinajstić information content (AvgIpc) is 3.22. The topological polar surface area (TPSA) is 100 Å². The van der Waals surface area contributed by atoms with Crippen molar-refractivity contribution < 1.29 is 9.59 Å². The summed E-state index contributed by atoms with van der Waals surface area (Å²) in [4.78, 5) is 46.1.